The van der Waals surface area contributed by atoms with E-state index in [4.69, 9.17) is 4.74 Å². The second-order valence-corrected chi connectivity index (χ2v) is 5.76. The van der Waals surface area contributed by atoms with Gasteiger partial charge in [0.1, 0.15) is 5.82 Å². The average molecular weight is 298 g/mol. The lowest BCUT2D eigenvalue weighted by atomic mass is 9.84. The summed E-state index contributed by atoms with van der Waals surface area (Å²) in [7, 11) is 0. The molecule has 2 unspecified atom stereocenters. The number of hydrogen-bond donors (Lipinski definition) is 0. The van der Waals surface area contributed by atoms with Crippen molar-refractivity contribution in [3.05, 3.63) is 70.5 Å². The Kier molecular flexibility index (Phi) is 4.58. The maximum Gasteiger partial charge on any atom is 0.123 e. The fourth-order valence-electron chi connectivity index (χ4n) is 3.66. The van der Waals surface area contributed by atoms with Crippen molar-refractivity contribution in [1.82, 2.24) is 0 Å². The Morgan fingerprint density at radius 3 is 2.64 bits per heavy atom. The number of hydrogen-bond acceptors (Lipinski definition) is 1. The Hall–Kier alpha value is -1.67. The van der Waals surface area contributed by atoms with Crippen molar-refractivity contribution in [1.29, 1.82) is 0 Å². The zero-order valence-corrected chi connectivity index (χ0v) is 13.3. The monoisotopic (exact) mass is 298 g/mol. The highest BCUT2D eigenvalue weighted by molar-refractivity contribution is 5.44. The molecule has 2 heteroatoms. The molecule has 0 saturated carbocycles. The van der Waals surface area contributed by atoms with Crippen molar-refractivity contribution < 1.29 is 9.13 Å². The number of fused-ring (bicyclic) bond motifs is 5. The number of halogens is 1. The summed E-state index contributed by atoms with van der Waals surface area (Å²) in [5.41, 5.74) is 4.99. The third-order valence-electron chi connectivity index (χ3n) is 4.57. The van der Waals surface area contributed by atoms with E-state index in [-0.39, 0.29) is 11.9 Å². The van der Waals surface area contributed by atoms with Gasteiger partial charge >= 0.3 is 0 Å². The van der Waals surface area contributed by atoms with Crippen LogP contribution in [0.15, 0.2) is 42.5 Å². The van der Waals surface area contributed by atoms with Crippen LogP contribution in [0, 0.1) is 5.82 Å². The summed E-state index contributed by atoms with van der Waals surface area (Å²) < 4.78 is 19.7. The van der Waals surface area contributed by atoms with Crippen molar-refractivity contribution >= 4 is 0 Å². The third kappa shape index (κ3) is 2.68. The molecule has 1 nitrogen and oxygen atoms in total. The van der Waals surface area contributed by atoms with Crippen LogP contribution in [0.1, 0.15) is 61.0 Å². The number of rotatable bonds is 0. The average Bonchev–Trinajstić information content (AvgIpc) is 2.72. The van der Waals surface area contributed by atoms with E-state index in [0.29, 0.717) is 5.92 Å². The molecule has 0 amide bonds. The summed E-state index contributed by atoms with van der Waals surface area (Å²) in [5.74, 6) is 0.200. The first kappa shape index (κ1) is 15.2. The number of ether oxygens (including phenoxy) is 1. The first-order chi connectivity index (χ1) is 10.8. The van der Waals surface area contributed by atoms with E-state index < -0.39 is 0 Å². The molecular weight excluding hydrogens is 275 g/mol. The van der Waals surface area contributed by atoms with Gasteiger partial charge in [-0.2, -0.15) is 0 Å². The van der Waals surface area contributed by atoms with Crippen LogP contribution in [0.4, 0.5) is 4.39 Å². The van der Waals surface area contributed by atoms with Gasteiger partial charge in [-0.25, -0.2) is 4.39 Å². The SMILES string of the molecule is CC.Fc1ccc2c(c1)C1OCCCC1c1ccccc1C2. The molecule has 1 fully saturated rings. The minimum absolute atomic E-state index is 0.0121. The van der Waals surface area contributed by atoms with Gasteiger partial charge in [0.2, 0.25) is 0 Å². The molecule has 1 aliphatic heterocycles. The van der Waals surface area contributed by atoms with Crippen molar-refractivity contribution in [3.63, 3.8) is 0 Å². The maximum atomic E-state index is 13.7. The number of benzene rings is 2. The molecular formula is C20H23FO. The molecule has 2 aromatic rings. The van der Waals surface area contributed by atoms with Crippen molar-refractivity contribution in [2.24, 2.45) is 0 Å². The zero-order valence-electron chi connectivity index (χ0n) is 13.3. The Bertz CT molecular complexity index is 650. The van der Waals surface area contributed by atoms with Crippen LogP contribution in [0.5, 0.6) is 0 Å². The van der Waals surface area contributed by atoms with E-state index in [1.807, 2.05) is 19.9 Å². The normalized spacial score (nSPS) is 22.3. The smallest absolute Gasteiger partial charge is 0.123 e. The molecule has 1 heterocycles. The van der Waals surface area contributed by atoms with E-state index in [1.54, 1.807) is 12.1 Å². The molecule has 2 atom stereocenters. The van der Waals surface area contributed by atoms with E-state index in [1.165, 1.54) is 16.7 Å². The lowest BCUT2D eigenvalue weighted by Gasteiger charge is -2.32. The summed E-state index contributed by atoms with van der Waals surface area (Å²) in [5, 5.41) is 0. The van der Waals surface area contributed by atoms with E-state index in [2.05, 4.69) is 24.3 Å². The molecule has 0 radical (unpaired) electrons. The Morgan fingerprint density at radius 1 is 1.00 bits per heavy atom. The highest BCUT2D eigenvalue weighted by Crippen LogP contribution is 2.46. The molecule has 22 heavy (non-hydrogen) atoms. The van der Waals surface area contributed by atoms with Crippen LogP contribution in [-0.2, 0) is 11.2 Å². The van der Waals surface area contributed by atoms with Crippen molar-refractivity contribution in [3.8, 4) is 0 Å². The van der Waals surface area contributed by atoms with Crippen molar-refractivity contribution in [2.75, 3.05) is 6.61 Å². The van der Waals surface area contributed by atoms with Gasteiger partial charge in [-0.1, -0.05) is 44.2 Å². The molecule has 0 spiro atoms. The fraction of sp³-hybridized carbons (Fsp3) is 0.400. The molecule has 1 saturated heterocycles. The summed E-state index contributed by atoms with van der Waals surface area (Å²) >= 11 is 0. The largest absolute Gasteiger partial charge is 0.373 e. The van der Waals surface area contributed by atoms with Crippen LogP contribution in [0.2, 0.25) is 0 Å². The fourth-order valence-corrected chi connectivity index (χ4v) is 3.66. The lowest BCUT2D eigenvalue weighted by Crippen LogP contribution is -2.21. The first-order valence-corrected chi connectivity index (χ1v) is 8.30. The Balaban J connectivity index is 0.000000693. The minimum Gasteiger partial charge on any atom is -0.373 e. The predicted molar refractivity (Wildman–Crippen MR) is 87.7 cm³/mol. The van der Waals surface area contributed by atoms with Gasteiger partial charge in [-0.15, -0.1) is 0 Å². The van der Waals surface area contributed by atoms with Gasteiger partial charge in [0.15, 0.2) is 0 Å². The third-order valence-corrected chi connectivity index (χ3v) is 4.57. The molecule has 0 N–H and O–H groups in total. The molecule has 2 aliphatic rings. The van der Waals surface area contributed by atoms with Crippen LogP contribution in [0.25, 0.3) is 0 Å². The van der Waals surface area contributed by atoms with Crippen molar-refractivity contribution in [2.45, 2.75) is 45.1 Å². The zero-order chi connectivity index (χ0) is 15.5. The topological polar surface area (TPSA) is 9.23 Å². The summed E-state index contributed by atoms with van der Waals surface area (Å²) in [6, 6.07) is 13.7. The van der Waals surface area contributed by atoms with Gasteiger partial charge < -0.3 is 4.74 Å². The van der Waals surface area contributed by atoms with Gasteiger partial charge in [0.05, 0.1) is 6.10 Å². The molecule has 2 aromatic carbocycles. The van der Waals surface area contributed by atoms with Gasteiger partial charge in [-0.3, -0.25) is 0 Å². The van der Waals surface area contributed by atoms with E-state index >= 15 is 0 Å². The molecule has 116 valence electrons. The van der Waals surface area contributed by atoms with Gasteiger partial charge in [-0.05, 0) is 53.6 Å². The highest BCUT2D eigenvalue weighted by atomic mass is 19.1. The minimum atomic E-state index is -0.164. The molecule has 0 aromatic heterocycles. The standard InChI is InChI=1S/C18H17FO.C2H6/c19-14-8-7-13-10-12-4-1-2-5-15(12)16-6-3-9-20-18(16)17(13)11-14;1-2/h1-2,4-5,7-8,11,16,18H,3,6,9-10H2;1-2H3. The summed E-state index contributed by atoms with van der Waals surface area (Å²) in [6.07, 6.45) is 3.10. The quantitative estimate of drug-likeness (QED) is 0.633. The molecule has 4 rings (SSSR count). The molecule has 0 bridgehead atoms. The maximum absolute atomic E-state index is 13.7. The van der Waals surface area contributed by atoms with Crippen LogP contribution < -0.4 is 0 Å². The first-order valence-electron chi connectivity index (χ1n) is 8.30. The van der Waals surface area contributed by atoms with Crippen LogP contribution >= 0.6 is 0 Å². The van der Waals surface area contributed by atoms with E-state index in [9.17, 15) is 4.39 Å². The van der Waals surface area contributed by atoms with E-state index in [0.717, 1.165) is 31.4 Å². The van der Waals surface area contributed by atoms with Gasteiger partial charge in [0.25, 0.3) is 0 Å². The summed E-state index contributed by atoms with van der Waals surface area (Å²) in [6.45, 7) is 4.78. The molecule has 1 aliphatic carbocycles. The second kappa shape index (κ2) is 6.62. The predicted octanol–water partition coefficient (Wildman–Crippen LogP) is 5.39. The van der Waals surface area contributed by atoms with Crippen LogP contribution in [-0.4, -0.2) is 6.61 Å². The lowest BCUT2D eigenvalue weighted by molar-refractivity contribution is -0.00220. The second-order valence-electron chi connectivity index (χ2n) is 5.76. The summed E-state index contributed by atoms with van der Waals surface area (Å²) in [4.78, 5) is 0. The van der Waals surface area contributed by atoms with Crippen LogP contribution in [0.3, 0.4) is 0 Å². The Morgan fingerprint density at radius 2 is 1.77 bits per heavy atom. The highest BCUT2D eigenvalue weighted by Gasteiger charge is 2.34. The van der Waals surface area contributed by atoms with Gasteiger partial charge in [0, 0.05) is 12.5 Å². The Labute approximate surface area is 132 Å².